The predicted octanol–water partition coefficient (Wildman–Crippen LogP) is 0.390. The van der Waals surface area contributed by atoms with E-state index in [1.807, 2.05) is 24.3 Å². The Morgan fingerprint density at radius 1 is 1.37 bits per heavy atom. The molecule has 100 valence electrons. The lowest BCUT2D eigenvalue weighted by atomic mass is 9.95. The zero-order chi connectivity index (χ0) is 14.0. The summed E-state index contributed by atoms with van der Waals surface area (Å²) in [5.41, 5.74) is 12.3. The van der Waals surface area contributed by atoms with Crippen molar-refractivity contribution in [2.24, 2.45) is 21.6 Å². The summed E-state index contributed by atoms with van der Waals surface area (Å²) in [5.74, 6) is -0.0524. The fourth-order valence-electron chi connectivity index (χ4n) is 1.79. The molecular weight excluding hydrogens is 244 g/mol. The Bertz CT molecular complexity index is 563. The van der Waals surface area contributed by atoms with Crippen molar-refractivity contribution in [2.75, 3.05) is 7.05 Å². The molecule has 1 atom stereocenters. The molecule has 6 heteroatoms. The molecule has 1 aromatic carbocycles. The number of carbonyl (C=O) groups is 1. The molecule has 0 aliphatic carbocycles. The molecule has 6 nitrogen and oxygen atoms in total. The number of nitrogens with zero attached hydrogens (tertiary/aromatic N) is 2. The number of amidine groups is 1. The standard InChI is InChI=1S/C13H16N4O2/c1-13(12(15)18)7-10(17-19-13)8-3-5-9(6-4-8)11(14)16-2/h3-6H,7H2,1-2H3,(H2,14,16)(H2,15,18). The van der Waals surface area contributed by atoms with Crippen LogP contribution in [0.3, 0.4) is 0 Å². The maximum atomic E-state index is 11.3. The van der Waals surface area contributed by atoms with Gasteiger partial charge < -0.3 is 16.3 Å². The highest BCUT2D eigenvalue weighted by Gasteiger charge is 2.40. The van der Waals surface area contributed by atoms with Gasteiger partial charge in [-0.25, -0.2) is 0 Å². The summed E-state index contributed by atoms with van der Waals surface area (Å²) in [6.07, 6.45) is 0.360. The number of amides is 1. The van der Waals surface area contributed by atoms with Crippen molar-refractivity contribution in [3.63, 3.8) is 0 Å². The average molecular weight is 260 g/mol. The van der Waals surface area contributed by atoms with Gasteiger partial charge in [-0.3, -0.25) is 9.79 Å². The Balaban J connectivity index is 2.19. The summed E-state index contributed by atoms with van der Waals surface area (Å²) < 4.78 is 0. The van der Waals surface area contributed by atoms with Crippen LogP contribution < -0.4 is 11.5 Å². The van der Waals surface area contributed by atoms with Crippen LogP contribution in [0.1, 0.15) is 24.5 Å². The number of carbonyl (C=O) groups excluding carboxylic acids is 1. The van der Waals surface area contributed by atoms with E-state index >= 15 is 0 Å². The van der Waals surface area contributed by atoms with Crippen LogP contribution in [-0.2, 0) is 9.63 Å². The molecule has 1 aromatic rings. The normalized spacial score (nSPS) is 22.8. The Labute approximate surface area is 111 Å². The third-order valence-electron chi connectivity index (χ3n) is 3.14. The van der Waals surface area contributed by atoms with Gasteiger partial charge in [0.1, 0.15) is 5.84 Å². The summed E-state index contributed by atoms with van der Waals surface area (Å²) in [4.78, 5) is 20.3. The van der Waals surface area contributed by atoms with E-state index in [2.05, 4.69) is 10.1 Å². The molecule has 1 aliphatic heterocycles. The second-order valence-electron chi connectivity index (χ2n) is 4.59. The molecule has 0 aromatic heterocycles. The maximum absolute atomic E-state index is 11.3. The summed E-state index contributed by atoms with van der Waals surface area (Å²) in [6.45, 7) is 1.63. The van der Waals surface area contributed by atoms with Gasteiger partial charge in [0.15, 0.2) is 0 Å². The molecule has 0 radical (unpaired) electrons. The number of rotatable bonds is 3. The van der Waals surface area contributed by atoms with Crippen LogP contribution in [0.2, 0.25) is 0 Å². The largest absolute Gasteiger partial charge is 0.384 e. The highest BCUT2D eigenvalue weighted by molar-refractivity contribution is 6.06. The van der Waals surface area contributed by atoms with Crippen LogP contribution in [0.15, 0.2) is 34.4 Å². The lowest BCUT2D eigenvalue weighted by Crippen LogP contribution is -2.41. The van der Waals surface area contributed by atoms with Crippen molar-refractivity contribution >= 4 is 17.5 Å². The van der Waals surface area contributed by atoms with E-state index in [-0.39, 0.29) is 0 Å². The van der Waals surface area contributed by atoms with Gasteiger partial charge in [0.2, 0.25) is 5.60 Å². The zero-order valence-corrected chi connectivity index (χ0v) is 10.9. The SMILES string of the molecule is CN=C(N)c1ccc(C2=NOC(C)(C(N)=O)C2)cc1. The average Bonchev–Trinajstić information content (AvgIpc) is 2.82. The van der Waals surface area contributed by atoms with E-state index in [1.54, 1.807) is 14.0 Å². The van der Waals surface area contributed by atoms with Crippen molar-refractivity contribution in [1.29, 1.82) is 0 Å². The van der Waals surface area contributed by atoms with E-state index in [0.29, 0.717) is 18.0 Å². The lowest BCUT2D eigenvalue weighted by Gasteiger charge is -2.15. The van der Waals surface area contributed by atoms with Gasteiger partial charge in [-0.2, -0.15) is 0 Å². The highest BCUT2D eigenvalue weighted by Crippen LogP contribution is 2.26. The van der Waals surface area contributed by atoms with Crippen LogP contribution in [0.4, 0.5) is 0 Å². The van der Waals surface area contributed by atoms with E-state index < -0.39 is 11.5 Å². The van der Waals surface area contributed by atoms with Gasteiger partial charge in [-0.05, 0) is 12.5 Å². The molecular formula is C13H16N4O2. The quantitative estimate of drug-likeness (QED) is 0.607. The number of aliphatic imine (C=N–C) groups is 1. The minimum atomic E-state index is -1.06. The molecule has 1 aliphatic rings. The monoisotopic (exact) mass is 260 g/mol. The fraction of sp³-hybridized carbons (Fsp3) is 0.308. The summed E-state index contributed by atoms with van der Waals surface area (Å²) in [5, 5.41) is 3.93. The van der Waals surface area contributed by atoms with Crippen LogP contribution in [-0.4, -0.2) is 30.1 Å². The molecule has 0 saturated carbocycles. The Morgan fingerprint density at radius 2 is 2.00 bits per heavy atom. The van der Waals surface area contributed by atoms with Gasteiger partial charge in [0, 0.05) is 19.0 Å². The topological polar surface area (TPSA) is 103 Å². The Morgan fingerprint density at radius 3 is 2.47 bits per heavy atom. The van der Waals surface area contributed by atoms with Gasteiger partial charge >= 0.3 is 0 Å². The van der Waals surface area contributed by atoms with Gasteiger partial charge in [-0.15, -0.1) is 0 Å². The summed E-state index contributed by atoms with van der Waals surface area (Å²) >= 11 is 0. The van der Waals surface area contributed by atoms with Gasteiger partial charge in [0.25, 0.3) is 5.91 Å². The third-order valence-corrected chi connectivity index (χ3v) is 3.14. The number of hydrogen-bond acceptors (Lipinski definition) is 4. The number of oxime groups is 1. The molecule has 1 unspecified atom stereocenters. The minimum Gasteiger partial charge on any atom is -0.384 e. The first-order chi connectivity index (χ1) is 8.96. The van der Waals surface area contributed by atoms with Crippen molar-refractivity contribution in [1.82, 2.24) is 0 Å². The molecule has 2 rings (SSSR count). The molecule has 4 N–H and O–H groups in total. The summed E-state index contributed by atoms with van der Waals surface area (Å²) in [7, 11) is 1.64. The second kappa shape index (κ2) is 4.72. The minimum absolute atomic E-state index is 0.360. The number of primary amides is 1. The molecule has 0 spiro atoms. The van der Waals surface area contributed by atoms with E-state index in [9.17, 15) is 4.79 Å². The lowest BCUT2D eigenvalue weighted by molar-refractivity contribution is -0.138. The Kier molecular flexibility index (Phi) is 3.25. The number of hydrogen-bond donors (Lipinski definition) is 2. The molecule has 0 fully saturated rings. The molecule has 1 amide bonds. The Hall–Kier alpha value is -2.37. The first kappa shape index (κ1) is 13.1. The van der Waals surface area contributed by atoms with Crippen LogP contribution >= 0.6 is 0 Å². The maximum Gasteiger partial charge on any atom is 0.264 e. The smallest absolute Gasteiger partial charge is 0.264 e. The molecule has 1 heterocycles. The van der Waals surface area contributed by atoms with E-state index in [0.717, 1.165) is 11.1 Å². The van der Waals surface area contributed by atoms with Crippen molar-refractivity contribution in [2.45, 2.75) is 18.9 Å². The second-order valence-corrected chi connectivity index (χ2v) is 4.59. The van der Waals surface area contributed by atoms with Gasteiger partial charge in [-0.1, -0.05) is 29.4 Å². The predicted molar refractivity (Wildman–Crippen MR) is 72.9 cm³/mol. The van der Waals surface area contributed by atoms with E-state index in [1.165, 1.54) is 0 Å². The first-order valence-electron chi connectivity index (χ1n) is 5.84. The van der Waals surface area contributed by atoms with Gasteiger partial charge in [0.05, 0.1) is 5.71 Å². The number of nitrogens with two attached hydrogens (primary N) is 2. The first-order valence-corrected chi connectivity index (χ1v) is 5.84. The zero-order valence-electron chi connectivity index (χ0n) is 10.9. The highest BCUT2D eigenvalue weighted by atomic mass is 16.7. The van der Waals surface area contributed by atoms with Crippen LogP contribution in [0.25, 0.3) is 0 Å². The molecule has 0 bridgehead atoms. The van der Waals surface area contributed by atoms with Crippen LogP contribution in [0, 0.1) is 0 Å². The summed E-state index contributed by atoms with van der Waals surface area (Å²) in [6, 6.07) is 7.42. The number of benzene rings is 1. The molecule has 0 saturated heterocycles. The third kappa shape index (κ3) is 2.42. The van der Waals surface area contributed by atoms with Crippen molar-refractivity contribution < 1.29 is 9.63 Å². The van der Waals surface area contributed by atoms with E-state index in [4.69, 9.17) is 16.3 Å². The van der Waals surface area contributed by atoms with Crippen molar-refractivity contribution in [3.8, 4) is 0 Å². The fourth-order valence-corrected chi connectivity index (χ4v) is 1.79. The van der Waals surface area contributed by atoms with Crippen molar-refractivity contribution in [3.05, 3.63) is 35.4 Å². The van der Waals surface area contributed by atoms with Crippen LogP contribution in [0.5, 0.6) is 0 Å². The molecule has 19 heavy (non-hydrogen) atoms.